The van der Waals surface area contributed by atoms with Crippen molar-refractivity contribution in [1.29, 1.82) is 0 Å². The van der Waals surface area contributed by atoms with Crippen LogP contribution in [0.2, 0.25) is 0 Å². The molecular formula is C35H40N2O9. The van der Waals surface area contributed by atoms with E-state index in [1.54, 1.807) is 59.1 Å². The number of hydrogen-bond donors (Lipinski definition) is 2. The summed E-state index contributed by atoms with van der Waals surface area (Å²) < 4.78 is 27.9. The van der Waals surface area contributed by atoms with Gasteiger partial charge in [-0.15, -0.1) is 0 Å². The normalized spacial score (nSPS) is 27.4. The van der Waals surface area contributed by atoms with Gasteiger partial charge in [0.25, 0.3) is 0 Å². The van der Waals surface area contributed by atoms with Crippen molar-refractivity contribution in [3.05, 3.63) is 89.3 Å². The Kier molecular flexibility index (Phi) is 9.41. The molecule has 1 fully saturated rings. The lowest BCUT2D eigenvalue weighted by atomic mass is 9.34. The monoisotopic (exact) mass is 632 g/mol. The largest absolute Gasteiger partial charge is 0.497 e. The van der Waals surface area contributed by atoms with Crippen molar-refractivity contribution < 1.29 is 42.9 Å². The number of benzene rings is 2. The van der Waals surface area contributed by atoms with Crippen LogP contribution < -0.4 is 15.4 Å². The summed E-state index contributed by atoms with van der Waals surface area (Å²) in [5, 5.41) is 6.54. The summed E-state index contributed by atoms with van der Waals surface area (Å²) in [7, 11) is 1.54. The predicted molar refractivity (Wildman–Crippen MR) is 166 cm³/mol. The zero-order chi connectivity index (χ0) is 33.1. The first-order chi connectivity index (χ1) is 22.3. The molecule has 0 radical (unpaired) electrons. The van der Waals surface area contributed by atoms with E-state index in [1.165, 1.54) is 12.4 Å². The van der Waals surface area contributed by atoms with Crippen LogP contribution in [0.15, 0.2) is 78.1 Å². The van der Waals surface area contributed by atoms with Crippen molar-refractivity contribution in [3.8, 4) is 5.75 Å². The topological polar surface area (TPSA) is 138 Å². The Morgan fingerprint density at radius 3 is 1.41 bits per heavy atom. The zero-order valence-corrected chi connectivity index (χ0v) is 26.7. The summed E-state index contributed by atoms with van der Waals surface area (Å²) in [6, 6.07) is 14.2. The third-order valence-corrected chi connectivity index (χ3v) is 9.16. The van der Waals surface area contributed by atoms with Gasteiger partial charge in [-0.3, -0.25) is 9.59 Å². The standard InChI is InChI=1S/C35H40N2O9/c1-6-43-28(38)24-19-36-30-34(32(40)45-8-3,26(24)21-13-11-10-12-14-21)31-35(30,33(41)46-9-4)27(22-15-17-23(42-5)18-16-22)25(20-37-31)29(39)44-7-2/h10-20,26-27,30-31,36-37H,6-9H2,1-5H3/t26?,27?,30-,31+,34-,35+/m0/s1. The van der Waals surface area contributed by atoms with Crippen molar-refractivity contribution in [2.75, 3.05) is 33.5 Å². The number of hydrogen-bond acceptors (Lipinski definition) is 11. The van der Waals surface area contributed by atoms with Crippen LogP contribution in [0.3, 0.4) is 0 Å². The van der Waals surface area contributed by atoms with Crippen LogP contribution in [0.4, 0.5) is 0 Å². The van der Waals surface area contributed by atoms with E-state index in [4.69, 9.17) is 23.7 Å². The van der Waals surface area contributed by atoms with Crippen molar-refractivity contribution in [2.45, 2.75) is 51.6 Å². The quantitative estimate of drug-likeness (QED) is 0.278. The lowest BCUT2D eigenvalue weighted by molar-refractivity contribution is -0.214. The molecule has 6 atom stereocenters. The highest BCUT2D eigenvalue weighted by molar-refractivity contribution is 6.01. The predicted octanol–water partition coefficient (Wildman–Crippen LogP) is 3.51. The molecule has 1 aliphatic carbocycles. The van der Waals surface area contributed by atoms with Gasteiger partial charge in [-0.2, -0.15) is 0 Å². The van der Waals surface area contributed by atoms with Crippen LogP contribution in [0.5, 0.6) is 5.75 Å². The van der Waals surface area contributed by atoms with Gasteiger partial charge in [0, 0.05) is 24.2 Å². The van der Waals surface area contributed by atoms with E-state index in [-0.39, 0.29) is 37.6 Å². The van der Waals surface area contributed by atoms with E-state index < -0.39 is 58.6 Å². The Hall–Kier alpha value is -4.80. The van der Waals surface area contributed by atoms with Gasteiger partial charge in [0.1, 0.15) is 16.6 Å². The fraction of sp³-hybridized carbons (Fsp3) is 0.429. The molecule has 0 saturated heterocycles. The molecule has 2 heterocycles. The van der Waals surface area contributed by atoms with Gasteiger partial charge >= 0.3 is 23.9 Å². The maximum absolute atomic E-state index is 14.6. The van der Waals surface area contributed by atoms with E-state index >= 15 is 0 Å². The molecule has 46 heavy (non-hydrogen) atoms. The fourth-order valence-corrected chi connectivity index (χ4v) is 7.63. The lowest BCUT2D eigenvalue weighted by Crippen LogP contribution is -2.88. The summed E-state index contributed by atoms with van der Waals surface area (Å²) in [6.07, 6.45) is 3.03. The maximum Gasteiger partial charge on any atom is 0.336 e. The Balaban J connectivity index is 1.84. The second-order valence-electron chi connectivity index (χ2n) is 11.2. The van der Waals surface area contributed by atoms with Gasteiger partial charge in [0.15, 0.2) is 0 Å². The zero-order valence-electron chi connectivity index (χ0n) is 26.7. The van der Waals surface area contributed by atoms with Crippen LogP contribution in [0, 0.1) is 10.8 Å². The molecule has 3 aliphatic rings. The van der Waals surface area contributed by atoms with Gasteiger partial charge in [-0.25, -0.2) is 9.59 Å². The fourth-order valence-electron chi connectivity index (χ4n) is 7.63. The number of methoxy groups -OCH3 is 1. The Bertz CT molecular complexity index is 1530. The average molecular weight is 633 g/mol. The first-order valence-corrected chi connectivity index (χ1v) is 15.6. The molecule has 2 aliphatic heterocycles. The number of rotatable bonds is 11. The smallest absolute Gasteiger partial charge is 0.336 e. The van der Waals surface area contributed by atoms with Crippen LogP contribution in [0.1, 0.15) is 50.7 Å². The third kappa shape index (κ3) is 4.80. The highest BCUT2D eigenvalue weighted by Gasteiger charge is 2.85. The molecule has 1 saturated carbocycles. The summed E-state index contributed by atoms with van der Waals surface area (Å²) in [4.78, 5) is 56.3. The third-order valence-electron chi connectivity index (χ3n) is 9.16. The second-order valence-corrected chi connectivity index (χ2v) is 11.2. The van der Waals surface area contributed by atoms with Crippen LogP contribution in [-0.4, -0.2) is 69.5 Å². The van der Waals surface area contributed by atoms with E-state index in [0.29, 0.717) is 16.9 Å². The molecule has 11 heteroatoms. The molecule has 0 aromatic heterocycles. The summed E-state index contributed by atoms with van der Waals surface area (Å²) in [5.41, 5.74) is -1.50. The number of esters is 4. The maximum atomic E-state index is 14.6. The second kappa shape index (κ2) is 13.3. The van der Waals surface area contributed by atoms with Crippen molar-refractivity contribution in [3.63, 3.8) is 0 Å². The highest BCUT2D eigenvalue weighted by atomic mass is 16.5. The van der Waals surface area contributed by atoms with E-state index in [2.05, 4.69) is 10.6 Å². The first-order valence-electron chi connectivity index (χ1n) is 15.6. The molecule has 0 amide bonds. The molecule has 0 bridgehead atoms. The summed E-state index contributed by atoms with van der Waals surface area (Å²) >= 11 is 0. The van der Waals surface area contributed by atoms with E-state index in [0.717, 1.165) is 0 Å². The summed E-state index contributed by atoms with van der Waals surface area (Å²) in [6.45, 7) is 7.13. The lowest BCUT2D eigenvalue weighted by Gasteiger charge is -2.71. The average Bonchev–Trinajstić information content (AvgIpc) is 3.06. The van der Waals surface area contributed by atoms with E-state index in [1.807, 2.05) is 30.3 Å². The molecule has 2 aromatic rings. The Morgan fingerprint density at radius 2 is 1.02 bits per heavy atom. The van der Waals surface area contributed by atoms with Gasteiger partial charge in [-0.1, -0.05) is 42.5 Å². The minimum atomic E-state index is -1.59. The van der Waals surface area contributed by atoms with Gasteiger partial charge in [-0.05, 0) is 51.0 Å². The minimum Gasteiger partial charge on any atom is -0.497 e. The first kappa shape index (κ1) is 32.6. The summed E-state index contributed by atoms with van der Waals surface area (Å²) in [5.74, 6) is -3.72. The van der Waals surface area contributed by atoms with Gasteiger partial charge in [0.2, 0.25) is 0 Å². The van der Waals surface area contributed by atoms with Crippen LogP contribution >= 0.6 is 0 Å². The molecular weight excluding hydrogens is 592 g/mol. The van der Waals surface area contributed by atoms with Crippen LogP contribution in [0.25, 0.3) is 0 Å². The molecule has 0 spiro atoms. The van der Waals surface area contributed by atoms with Crippen molar-refractivity contribution in [1.82, 2.24) is 10.6 Å². The number of ether oxygens (including phenoxy) is 5. The molecule has 5 rings (SSSR count). The molecule has 11 nitrogen and oxygen atoms in total. The number of fused-ring (bicyclic) bond motifs is 4. The van der Waals surface area contributed by atoms with E-state index in [9.17, 15) is 19.2 Å². The minimum absolute atomic E-state index is 0.0479. The molecule has 2 N–H and O–H groups in total. The molecule has 244 valence electrons. The van der Waals surface area contributed by atoms with Crippen molar-refractivity contribution >= 4 is 23.9 Å². The van der Waals surface area contributed by atoms with Crippen molar-refractivity contribution in [2.24, 2.45) is 10.8 Å². The Labute approximate surface area is 268 Å². The Morgan fingerprint density at radius 1 is 0.609 bits per heavy atom. The van der Waals surface area contributed by atoms with Gasteiger partial charge in [0.05, 0.1) is 56.8 Å². The number of carbonyl (C=O) groups is 4. The number of carbonyl (C=O) groups excluding carboxylic acids is 4. The SMILES string of the molecule is CCOC(=O)C1=CN[C@H]2[C@@](C(=O)OCC)(C1c1ccccc1)[C@H]1NC=C(C(=O)OCC)C(c3ccc(OC)cc3)[C@]12C(=O)OCC. The highest BCUT2D eigenvalue weighted by Crippen LogP contribution is 2.71. The number of nitrogens with one attached hydrogen (secondary N) is 2. The van der Waals surface area contributed by atoms with Gasteiger partial charge < -0.3 is 34.3 Å². The van der Waals surface area contributed by atoms with Crippen LogP contribution in [-0.2, 0) is 38.1 Å². The molecule has 2 aromatic carbocycles. The molecule has 2 unspecified atom stereocenters.